The SMILES string of the molecule is Cc1cccc2onc(Cn3c(=O)ccn([C@@H]4O[C@H](COP(=O)([O-])OP(=O)([O-])[O-])C(O)[C@@H]4O)c3=O)c12.[Na+].[Na+].[Na+]. The standard InChI is InChI=1S/C18H21N3O13P2.3Na/c1-9-3-2-4-11-14(9)10(19-33-11)7-21-13(22)5-6-20(18(21)25)17-16(24)15(23)12(32-17)8-31-36(29,30)34-35(26,27)28;;;/h2-6,12,15-17,23-24H,7-8H2,1H3,(H,29,30)(H2,26,27,28);;;/q;3*+1/p-3/t12-,15?,16+,17-;;;/m1.../s1. The minimum atomic E-state index is -5.94. The summed E-state index contributed by atoms with van der Waals surface area (Å²) in [5, 5.41) is 25.1. The fourth-order valence-corrected chi connectivity index (χ4v) is 5.27. The molecule has 0 amide bonds. The van der Waals surface area contributed by atoms with Crippen molar-refractivity contribution < 1.29 is 141 Å². The van der Waals surface area contributed by atoms with Crippen LogP contribution in [0.15, 0.2) is 44.6 Å². The van der Waals surface area contributed by atoms with E-state index in [9.17, 15) is 43.6 Å². The summed E-state index contributed by atoms with van der Waals surface area (Å²) in [6.45, 7) is 0.434. The van der Waals surface area contributed by atoms with Crippen LogP contribution in [0.1, 0.15) is 17.5 Å². The first-order chi connectivity index (χ1) is 16.8. The van der Waals surface area contributed by atoms with Crippen LogP contribution in [-0.2, 0) is 29.2 Å². The first kappa shape index (κ1) is 37.5. The Labute approximate surface area is 286 Å². The first-order valence-corrected chi connectivity index (χ1v) is 13.1. The molecule has 0 saturated carbocycles. The number of ether oxygens (including phenoxy) is 1. The molecule has 1 aromatic carbocycles. The van der Waals surface area contributed by atoms with E-state index in [0.717, 1.165) is 27.0 Å². The van der Waals surface area contributed by atoms with Crippen molar-refractivity contribution in [3.05, 3.63) is 62.6 Å². The molecule has 3 aromatic rings. The van der Waals surface area contributed by atoms with Gasteiger partial charge in [0.2, 0.25) is 0 Å². The van der Waals surface area contributed by atoms with Crippen molar-refractivity contribution in [3.8, 4) is 0 Å². The number of fused-ring (bicyclic) bond motifs is 1. The van der Waals surface area contributed by atoms with Gasteiger partial charge in [-0.25, -0.2) is 4.79 Å². The van der Waals surface area contributed by atoms with Gasteiger partial charge in [-0.3, -0.25) is 22.8 Å². The fourth-order valence-electron chi connectivity index (χ4n) is 3.77. The number of nitrogens with zero attached hydrogens (tertiary/aromatic N) is 3. The predicted molar refractivity (Wildman–Crippen MR) is 111 cm³/mol. The summed E-state index contributed by atoms with van der Waals surface area (Å²) >= 11 is 0. The van der Waals surface area contributed by atoms with Gasteiger partial charge in [0.25, 0.3) is 13.4 Å². The molecule has 3 heterocycles. The molecule has 1 fully saturated rings. The molecule has 0 radical (unpaired) electrons. The Kier molecular flexibility index (Phi) is 14.2. The van der Waals surface area contributed by atoms with Crippen LogP contribution in [0.2, 0.25) is 0 Å². The molecule has 21 heteroatoms. The molecule has 2 aromatic heterocycles. The van der Waals surface area contributed by atoms with Crippen LogP contribution in [0.5, 0.6) is 0 Å². The van der Waals surface area contributed by atoms with E-state index in [1.807, 2.05) is 0 Å². The molecule has 4 rings (SSSR count). The Morgan fingerprint density at radius 1 is 1.08 bits per heavy atom. The monoisotopic (exact) mass is 615 g/mol. The molecule has 2 N–H and O–H groups in total. The minimum Gasteiger partial charge on any atom is -0.790 e. The van der Waals surface area contributed by atoms with Gasteiger partial charge in [-0.05, 0) is 18.6 Å². The number of aliphatic hydroxyl groups is 2. The quantitative estimate of drug-likeness (QED) is 0.177. The van der Waals surface area contributed by atoms with E-state index >= 15 is 0 Å². The zero-order chi connectivity index (χ0) is 26.4. The summed E-state index contributed by atoms with van der Waals surface area (Å²) in [6, 6.07) is 6.20. The molecule has 1 saturated heterocycles. The van der Waals surface area contributed by atoms with E-state index in [0.29, 0.717) is 16.7 Å². The number of hydrogen-bond donors (Lipinski definition) is 2. The number of aliphatic hydroxyl groups excluding tert-OH is 2. The normalized spacial score (nSPS) is 22.4. The molecule has 5 atom stereocenters. The Morgan fingerprint density at radius 2 is 1.74 bits per heavy atom. The zero-order valence-electron chi connectivity index (χ0n) is 21.2. The average molecular weight is 615 g/mol. The smallest absolute Gasteiger partial charge is 0.790 e. The van der Waals surface area contributed by atoms with E-state index in [1.165, 1.54) is 0 Å². The van der Waals surface area contributed by atoms with E-state index in [2.05, 4.69) is 14.0 Å². The number of rotatable bonds is 8. The number of aryl methyl sites for hydroxylation is 1. The van der Waals surface area contributed by atoms with Crippen molar-refractivity contribution in [2.75, 3.05) is 6.61 Å². The molecule has 2 unspecified atom stereocenters. The van der Waals surface area contributed by atoms with Gasteiger partial charge < -0.3 is 43.2 Å². The van der Waals surface area contributed by atoms with Crippen LogP contribution in [0, 0.1) is 6.92 Å². The molecule has 39 heavy (non-hydrogen) atoms. The summed E-state index contributed by atoms with van der Waals surface area (Å²) in [4.78, 5) is 58.0. The van der Waals surface area contributed by atoms with E-state index < -0.39 is 58.0 Å². The number of hydrogen-bond acceptors (Lipinski definition) is 14. The third-order valence-electron chi connectivity index (χ3n) is 5.39. The van der Waals surface area contributed by atoms with Crippen LogP contribution in [-0.4, -0.2) is 49.4 Å². The maximum atomic E-state index is 13.1. The second-order valence-electron chi connectivity index (χ2n) is 7.83. The molecule has 16 nitrogen and oxygen atoms in total. The van der Waals surface area contributed by atoms with Crippen LogP contribution in [0.3, 0.4) is 0 Å². The number of aromatic nitrogens is 3. The molecule has 0 bridgehead atoms. The van der Waals surface area contributed by atoms with Crippen molar-refractivity contribution in [3.63, 3.8) is 0 Å². The van der Waals surface area contributed by atoms with Crippen molar-refractivity contribution >= 4 is 26.6 Å². The average Bonchev–Trinajstić information content (AvgIpc) is 3.30. The van der Waals surface area contributed by atoms with Gasteiger partial charge in [0.15, 0.2) is 11.8 Å². The molecule has 0 spiro atoms. The Hall–Kier alpha value is 0.510. The number of phosphoric acid groups is 2. The van der Waals surface area contributed by atoms with E-state index in [1.54, 1.807) is 25.1 Å². The van der Waals surface area contributed by atoms with Gasteiger partial charge in [0.1, 0.15) is 24.0 Å². The van der Waals surface area contributed by atoms with Gasteiger partial charge in [-0.15, -0.1) is 0 Å². The first-order valence-electron chi connectivity index (χ1n) is 10.1. The second kappa shape index (κ2) is 14.8. The van der Waals surface area contributed by atoms with Gasteiger partial charge in [0, 0.05) is 17.6 Å². The number of phosphoric ester groups is 1. The van der Waals surface area contributed by atoms with Crippen LogP contribution >= 0.6 is 15.6 Å². The summed E-state index contributed by atoms with van der Waals surface area (Å²) in [5.74, 6) is 0. The summed E-state index contributed by atoms with van der Waals surface area (Å²) in [5.41, 5.74) is -0.141. The summed E-state index contributed by atoms with van der Waals surface area (Å²) < 4.78 is 41.7. The zero-order valence-corrected chi connectivity index (χ0v) is 29.0. The Morgan fingerprint density at radius 3 is 2.38 bits per heavy atom. The van der Waals surface area contributed by atoms with Crippen LogP contribution in [0.25, 0.3) is 11.0 Å². The van der Waals surface area contributed by atoms with Crippen molar-refractivity contribution in [2.24, 2.45) is 0 Å². The van der Waals surface area contributed by atoms with E-state index in [4.69, 9.17) is 9.26 Å². The predicted octanol–water partition coefficient (Wildman–Crippen LogP) is -11.5. The van der Waals surface area contributed by atoms with Crippen LogP contribution in [0.4, 0.5) is 0 Å². The van der Waals surface area contributed by atoms with Crippen molar-refractivity contribution in [1.29, 1.82) is 0 Å². The third kappa shape index (κ3) is 8.77. The molecular weight excluding hydrogens is 597 g/mol. The van der Waals surface area contributed by atoms with Gasteiger partial charge in [0.05, 0.1) is 21.0 Å². The molecule has 1 aliphatic heterocycles. The maximum absolute atomic E-state index is 13.1. The Bertz CT molecular complexity index is 1510. The van der Waals surface area contributed by atoms with Gasteiger partial charge in [-0.1, -0.05) is 17.3 Å². The second-order valence-corrected chi connectivity index (χ2v) is 10.5. The molecular formula is C18H18N3Na3O13P2. The summed E-state index contributed by atoms with van der Waals surface area (Å²) in [6.07, 6.45) is -5.79. The topological polar surface area (TPSA) is 242 Å². The van der Waals surface area contributed by atoms with E-state index in [-0.39, 0.29) is 95.2 Å². The summed E-state index contributed by atoms with van der Waals surface area (Å²) in [7, 11) is -11.6. The minimum absolute atomic E-state index is 0. The molecule has 196 valence electrons. The van der Waals surface area contributed by atoms with Crippen molar-refractivity contribution in [2.45, 2.75) is 38.0 Å². The molecule has 0 aliphatic carbocycles. The van der Waals surface area contributed by atoms with Gasteiger partial charge in [-0.2, -0.15) is 0 Å². The largest absolute Gasteiger partial charge is 1.00 e. The van der Waals surface area contributed by atoms with Crippen molar-refractivity contribution in [1.82, 2.24) is 14.3 Å². The van der Waals surface area contributed by atoms with Crippen LogP contribution < -0.4 is 115 Å². The number of benzene rings is 1. The fraction of sp³-hybridized carbons (Fsp3) is 0.389. The maximum Gasteiger partial charge on any atom is 1.00 e. The molecule has 1 aliphatic rings. The Balaban J connectivity index is 0.00000253. The third-order valence-corrected chi connectivity index (χ3v) is 7.45. The van der Waals surface area contributed by atoms with Gasteiger partial charge >= 0.3 is 94.4 Å².